The number of urea groups is 1. The second kappa shape index (κ2) is 10.1. The minimum Gasteiger partial charge on any atom is -0.480 e. The number of carbonyl (C=O) groups excluding carboxylic acids is 2. The Hall–Kier alpha value is -3.79. The van der Waals surface area contributed by atoms with Gasteiger partial charge in [0.2, 0.25) is 11.8 Å². The number of halogens is 1. The van der Waals surface area contributed by atoms with Gasteiger partial charge in [0.05, 0.1) is 41.7 Å². The number of fused-ring (bicyclic) bond motifs is 1. The fourth-order valence-electron chi connectivity index (χ4n) is 5.70. The Morgan fingerprint density at radius 2 is 1.69 bits per heavy atom. The lowest BCUT2D eigenvalue weighted by Crippen LogP contribution is -2.59. The van der Waals surface area contributed by atoms with Crippen LogP contribution in [0.5, 0.6) is 5.88 Å². The van der Waals surface area contributed by atoms with E-state index in [1.807, 2.05) is 54.2 Å². The van der Waals surface area contributed by atoms with Crippen molar-refractivity contribution in [1.29, 1.82) is 0 Å². The van der Waals surface area contributed by atoms with Crippen molar-refractivity contribution >= 4 is 29.5 Å². The molecule has 0 spiro atoms. The van der Waals surface area contributed by atoms with Crippen molar-refractivity contribution < 1.29 is 14.3 Å². The number of methoxy groups -OCH3 is 1. The van der Waals surface area contributed by atoms with Gasteiger partial charge in [-0.15, -0.1) is 0 Å². The van der Waals surface area contributed by atoms with Crippen molar-refractivity contribution in [2.24, 2.45) is 0 Å². The van der Waals surface area contributed by atoms with Gasteiger partial charge >= 0.3 is 6.03 Å². The lowest BCUT2D eigenvalue weighted by Gasteiger charge is -2.43. The van der Waals surface area contributed by atoms with Gasteiger partial charge in [0.15, 0.2) is 0 Å². The zero-order chi connectivity index (χ0) is 28.2. The van der Waals surface area contributed by atoms with E-state index in [-0.39, 0.29) is 30.1 Å². The Kier molecular flexibility index (Phi) is 6.92. The number of benzene rings is 1. The summed E-state index contributed by atoms with van der Waals surface area (Å²) in [6, 6.07) is 8.96. The van der Waals surface area contributed by atoms with E-state index in [4.69, 9.17) is 16.3 Å². The predicted molar refractivity (Wildman–Crippen MR) is 151 cm³/mol. The van der Waals surface area contributed by atoms with Crippen molar-refractivity contribution in [3.63, 3.8) is 0 Å². The molecule has 0 saturated carbocycles. The van der Waals surface area contributed by atoms with Crippen LogP contribution in [0.25, 0.3) is 11.3 Å². The molecule has 1 aromatic carbocycles. The van der Waals surface area contributed by atoms with E-state index >= 15 is 0 Å². The van der Waals surface area contributed by atoms with Gasteiger partial charge in [-0.05, 0) is 37.6 Å². The first-order valence-corrected chi connectivity index (χ1v) is 13.3. The molecule has 2 aliphatic heterocycles. The van der Waals surface area contributed by atoms with E-state index in [0.717, 1.165) is 17.0 Å². The number of aromatic nitrogens is 3. The van der Waals surface area contributed by atoms with Crippen LogP contribution in [0.4, 0.5) is 10.7 Å². The van der Waals surface area contributed by atoms with Crippen molar-refractivity contribution in [3.05, 3.63) is 58.4 Å². The molecule has 11 heteroatoms. The lowest BCUT2D eigenvalue weighted by molar-refractivity contribution is 0.0485. The quantitative estimate of drug-likeness (QED) is 0.457. The molecule has 2 aliphatic rings. The molecule has 4 heterocycles. The maximum absolute atomic E-state index is 14.3. The second-order valence-corrected chi connectivity index (χ2v) is 11.1. The van der Waals surface area contributed by atoms with Crippen LogP contribution in [0.15, 0.2) is 36.5 Å². The number of hydrogen-bond acceptors (Lipinski definition) is 6. The molecule has 39 heavy (non-hydrogen) atoms. The van der Waals surface area contributed by atoms with Gasteiger partial charge in [-0.3, -0.25) is 4.79 Å². The first-order chi connectivity index (χ1) is 18.5. The van der Waals surface area contributed by atoms with Crippen LogP contribution in [-0.4, -0.2) is 95.6 Å². The number of carbonyl (C=O) groups is 2. The summed E-state index contributed by atoms with van der Waals surface area (Å²) in [5.74, 6) is 0.900. The molecule has 1 saturated heterocycles. The summed E-state index contributed by atoms with van der Waals surface area (Å²) in [5.41, 5.74) is 4.00. The van der Waals surface area contributed by atoms with Crippen LogP contribution >= 0.6 is 11.6 Å². The number of amides is 3. The highest BCUT2D eigenvalue weighted by molar-refractivity contribution is 6.30. The van der Waals surface area contributed by atoms with Gasteiger partial charge in [0, 0.05) is 58.5 Å². The molecule has 0 N–H and O–H groups in total. The summed E-state index contributed by atoms with van der Waals surface area (Å²) < 4.78 is 7.87. The van der Waals surface area contributed by atoms with Crippen molar-refractivity contribution in [3.8, 4) is 17.1 Å². The van der Waals surface area contributed by atoms with Crippen molar-refractivity contribution in [1.82, 2.24) is 29.2 Å². The summed E-state index contributed by atoms with van der Waals surface area (Å²) in [5, 5.41) is 0.625. The molecule has 0 bridgehead atoms. The van der Waals surface area contributed by atoms with Crippen LogP contribution in [-0.2, 0) is 0 Å². The van der Waals surface area contributed by atoms with Crippen molar-refractivity contribution in [2.45, 2.75) is 32.0 Å². The van der Waals surface area contributed by atoms with Crippen LogP contribution in [0.1, 0.15) is 47.5 Å². The lowest BCUT2D eigenvalue weighted by atomic mass is 10.0. The highest BCUT2D eigenvalue weighted by atomic mass is 35.5. The molecule has 5 rings (SSSR count). The minimum absolute atomic E-state index is 0.0165. The normalized spacial score (nSPS) is 17.9. The van der Waals surface area contributed by atoms with E-state index in [0.29, 0.717) is 41.1 Å². The van der Waals surface area contributed by atoms with E-state index < -0.39 is 0 Å². The maximum Gasteiger partial charge on any atom is 0.319 e. The predicted octanol–water partition coefficient (Wildman–Crippen LogP) is 4.17. The number of anilines is 1. The molecule has 10 nitrogen and oxygen atoms in total. The molecular formula is C28H34ClN7O3. The first kappa shape index (κ1) is 26.8. The Balaban J connectivity index is 1.70. The van der Waals surface area contributed by atoms with Gasteiger partial charge < -0.3 is 28.9 Å². The van der Waals surface area contributed by atoms with Crippen LogP contribution < -0.4 is 9.64 Å². The molecule has 0 radical (unpaired) electrons. The minimum atomic E-state index is -0.367. The summed E-state index contributed by atoms with van der Waals surface area (Å²) in [6.07, 6.45) is 1.75. The van der Waals surface area contributed by atoms with Crippen LogP contribution in [0, 0.1) is 0 Å². The van der Waals surface area contributed by atoms with Crippen LogP contribution in [0.3, 0.4) is 0 Å². The Labute approximate surface area is 233 Å². The zero-order valence-electron chi connectivity index (χ0n) is 23.3. The van der Waals surface area contributed by atoms with Gasteiger partial charge in [-0.1, -0.05) is 23.7 Å². The third-order valence-electron chi connectivity index (χ3n) is 7.41. The second-order valence-electron chi connectivity index (χ2n) is 10.6. The standard InChI is InChI=1S/C28H34ClN7O3/c1-16(2)35-22(21-13-30-27(32(3)4)31-25(21)39-7)12-20-24(35)23(17-8-10-18(29)11-9-17)36(26(20)37)19-14-33(5)28(38)34(6)15-19/h8-13,16,19,23H,14-15H2,1-7H3. The molecule has 3 amide bonds. The molecular weight excluding hydrogens is 518 g/mol. The van der Waals surface area contributed by atoms with Gasteiger partial charge in [-0.2, -0.15) is 4.98 Å². The van der Waals surface area contributed by atoms with E-state index in [2.05, 4.69) is 28.4 Å². The number of likely N-dealkylation sites (N-methyl/N-ethyl adjacent to an activating group) is 2. The largest absolute Gasteiger partial charge is 0.480 e. The third kappa shape index (κ3) is 4.46. The van der Waals surface area contributed by atoms with E-state index in [1.54, 1.807) is 37.2 Å². The molecule has 206 valence electrons. The highest BCUT2D eigenvalue weighted by Gasteiger charge is 2.47. The molecule has 1 unspecified atom stereocenters. The van der Waals surface area contributed by atoms with Crippen LogP contribution in [0.2, 0.25) is 5.02 Å². The molecule has 1 fully saturated rings. The topological polar surface area (TPSA) is 87.0 Å². The van der Waals surface area contributed by atoms with Gasteiger partial charge in [0.1, 0.15) is 0 Å². The fraction of sp³-hybridized carbons (Fsp3) is 0.429. The average Bonchev–Trinajstić information content (AvgIpc) is 3.42. The summed E-state index contributed by atoms with van der Waals surface area (Å²) in [4.78, 5) is 43.0. The number of rotatable bonds is 6. The summed E-state index contributed by atoms with van der Waals surface area (Å²) in [7, 11) is 8.87. The van der Waals surface area contributed by atoms with E-state index in [9.17, 15) is 9.59 Å². The Morgan fingerprint density at radius 3 is 2.26 bits per heavy atom. The van der Waals surface area contributed by atoms with E-state index in [1.165, 1.54) is 0 Å². The molecule has 3 aromatic rings. The highest BCUT2D eigenvalue weighted by Crippen LogP contribution is 2.46. The fourth-order valence-corrected chi connectivity index (χ4v) is 5.83. The zero-order valence-corrected chi connectivity index (χ0v) is 24.1. The Bertz CT molecular complexity index is 1410. The molecule has 1 atom stereocenters. The maximum atomic E-state index is 14.3. The SMILES string of the molecule is COc1nc(N(C)C)ncc1-c1cc2c(n1C(C)C)C(c1ccc(Cl)cc1)N(C1CN(C)C(=O)N(C)C1)C2=O. The molecule has 0 aliphatic carbocycles. The number of nitrogens with zero attached hydrogens (tertiary/aromatic N) is 7. The molecule has 2 aromatic heterocycles. The summed E-state index contributed by atoms with van der Waals surface area (Å²) >= 11 is 6.25. The van der Waals surface area contributed by atoms with Gasteiger partial charge in [0.25, 0.3) is 5.91 Å². The monoisotopic (exact) mass is 551 g/mol. The summed E-state index contributed by atoms with van der Waals surface area (Å²) in [6.45, 7) is 5.09. The first-order valence-electron chi connectivity index (χ1n) is 12.9. The number of hydrogen-bond donors (Lipinski definition) is 0. The third-order valence-corrected chi connectivity index (χ3v) is 7.66. The van der Waals surface area contributed by atoms with Crippen molar-refractivity contribution in [2.75, 3.05) is 53.3 Å². The number of ether oxygens (including phenoxy) is 1. The van der Waals surface area contributed by atoms with Gasteiger partial charge in [-0.25, -0.2) is 9.78 Å². The smallest absolute Gasteiger partial charge is 0.319 e. The average molecular weight is 552 g/mol. The Morgan fingerprint density at radius 1 is 1.05 bits per heavy atom.